The summed E-state index contributed by atoms with van der Waals surface area (Å²) >= 11 is 6.76. The van der Waals surface area contributed by atoms with Gasteiger partial charge in [0, 0.05) is 45.5 Å². The Bertz CT molecular complexity index is 1120. The van der Waals surface area contributed by atoms with E-state index < -0.39 is 0 Å². The van der Waals surface area contributed by atoms with Crippen molar-refractivity contribution in [2.45, 2.75) is 25.2 Å². The van der Waals surface area contributed by atoms with Crippen molar-refractivity contribution in [2.24, 2.45) is 0 Å². The molecule has 1 aliphatic heterocycles. The number of aromatic amines is 1. The maximum atomic E-state index is 12.8. The highest BCUT2D eigenvalue weighted by atomic mass is 79.9. The number of halogens is 1. The summed E-state index contributed by atoms with van der Waals surface area (Å²) in [5.41, 5.74) is 3.36. The normalized spacial score (nSPS) is 15.3. The molecule has 7 heteroatoms. The van der Waals surface area contributed by atoms with Crippen LogP contribution in [-0.4, -0.2) is 33.9 Å². The Morgan fingerprint density at radius 2 is 2.00 bits per heavy atom. The van der Waals surface area contributed by atoms with Crippen molar-refractivity contribution in [1.29, 1.82) is 0 Å². The Balaban J connectivity index is 1.20. The molecule has 0 atom stereocenters. The number of piperidine rings is 1. The van der Waals surface area contributed by atoms with E-state index in [0.29, 0.717) is 12.3 Å². The van der Waals surface area contributed by atoms with Crippen molar-refractivity contribution in [3.8, 4) is 9.88 Å². The predicted octanol–water partition coefficient (Wildman–Crippen LogP) is 6.06. The highest BCUT2D eigenvalue weighted by molar-refractivity contribution is 9.10. The van der Waals surface area contributed by atoms with E-state index in [1.807, 2.05) is 10.3 Å². The maximum Gasteiger partial charge on any atom is 0.228 e. The van der Waals surface area contributed by atoms with E-state index >= 15 is 0 Å². The highest BCUT2D eigenvalue weighted by Crippen LogP contribution is 2.33. The maximum absolute atomic E-state index is 12.8. The Morgan fingerprint density at radius 1 is 1.17 bits per heavy atom. The first-order valence-electron chi connectivity index (χ1n) is 9.70. The molecule has 4 heterocycles. The smallest absolute Gasteiger partial charge is 0.228 e. The molecule has 0 saturated carbocycles. The SMILES string of the molecule is O=C(Cc1csc(-c2cc(Br)cs2)n1)N1CCC(c2cc3ccccc3[nH]2)CC1. The number of likely N-dealkylation sites (tertiary alicyclic amines) is 1. The molecule has 3 aromatic heterocycles. The molecule has 1 amide bonds. The van der Waals surface area contributed by atoms with Gasteiger partial charge in [-0.3, -0.25) is 4.79 Å². The quantitative estimate of drug-likeness (QED) is 0.381. The largest absolute Gasteiger partial charge is 0.358 e. The fourth-order valence-corrected chi connectivity index (χ4v) is 6.28. The summed E-state index contributed by atoms with van der Waals surface area (Å²) < 4.78 is 1.07. The molecule has 0 unspecified atom stereocenters. The number of para-hydroxylation sites is 1. The fraction of sp³-hybridized carbons (Fsp3) is 0.273. The molecule has 148 valence electrons. The zero-order chi connectivity index (χ0) is 19.8. The zero-order valence-electron chi connectivity index (χ0n) is 15.7. The Kier molecular flexibility index (Phi) is 5.28. The Labute approximate surface area is 185 Å². The highest BCUT2D eigenvalue weighted by Gasteiger charge is 2.25. The van der Waals surface area contributed by atoms with Crippen molar-refractivity contribution in [2.75, 3.05) is 13.1 Å². The average molecular weight is 486 g/mol. The van der Waals surface area contributed by atoms with Gasteiger partial charge in [-0.05, 0) is 52.4 Å². The van der Waals surface area contributed by atoms with Crippen LogP contribution < -0.4 is 0 Å². The Hall–Kier alpha value is -1.96. The van der Waals surface area contributed by atoms with Crippen LogP contribution in [0.15, 0.2) is 51.6 Å². The molecule has 4 aromatic rings. The van der Waals surface area contributed by atoms with E-state index in [0.717, 1.165) is 46.0 Å². The summed E-state index contributed by atoms with van der Waals surface area (Å²) in [5.74, 6) is 0.680. The number of carbonyl (C=O) groups excluding carboxylic acids is 1. The summed E-state index contributed by atoms with van der Waals surface area (Å²) in [4.78, 5) is 24.1. The lowest BCUT2D eigenvalue weighted by Gasteiger charge is -2.31. The van der Waals surface area contributed by atoms with Crippen LogP contribution in [0.2, 0.25) is 0 Å². The minimum absolute atomic E-state index is 0.185. The van der Waals surface area contributed by atoms with Crippen LogP contribution in [0.1, 0.15) is 30.1 Å². The van der Waals surface area contributed by atoms with Gasteiger partial charge in [-0.1, -0.05) is 18.2 Å². The number of nitrogens with one attached hydrogen (secondary N) is 1. The molecule has 0 radical (unpaired) electrons. The molecule has 1 aromatic carbocycles. The lowest BCUT2D eigenvalue weighted by atomic mass is 9.93. The number of carbonyl (C=O) groups is 1. The lowest BCUT2D eigenvalue weighted by molar-refractivity contribution is -0.131. The predicted molar refractivity (Wildman–Crippen MR) is 124 cm³/mol. The third kappa shape index (κ3) is 4.04. The molecule has 1 aliphatic rings. The molecule has 4 nitrogen and oxygen atoms in total. The number of aromatic nitrogens is 2. The van der Waals surface area contributed by atoms with Gasteiger partial charge in [-0.2, -0.15) is 0 Å². The van der Waals surface area contributed by atoms with E-state index in [1.165, 1.54) is 16.6 Å². The van der Waals surface area contributed by atoms with Crippen LogP contribution in [0.5, 0.6) is 0 Å². The van der Waals surface area contributed by atoms with Gasteiger partial charge >= 0.3 is 0 Å². The van der Waals surface area contributed by atoms with Gasteiger partial charge in [-0.15, -0.1) is 22.7 Å². The third-order valence-electron chi connectivity index (χ3n) is 5.50. The zero-order valence-corrected chi connectivity index (χ0v) is 18.9. The van der Waals surface area contributed by atoms with Crippen LogP contribution >= 0.6 is 38.6 Å². The number of amides is 1. The second-order valence-corrected chi connectivity index (χ2v) is 10.1. The molecule has 5 rings (SSSR count). The van der Waals surface area contributed by atoms with Crippen molar-refractivity contribution in [3.63, 3.8) is 0 Å². The number of hydrogen-bond donors (Lipinski definition) is 1. The van der Waals surface area contributed by atoms with Gasteiger partial charge in [-0.25, -0.2) is 4.98 Å². The van der Waals surface area contributed by atoms with Crippen molar-refractivity contribution in [3.05, 3.63) is 63.0 Å². The van der Waals surface area contributed by atoms with Crippen LogP contribution in [0.3, 0.4) is 0 Å². The van der Waals surface area contributed by atoms with E-state index in [-0.39, 0.29) is 5.91 Å². The second-order valence-electron chi connectivity index (χ2n) is 7.42. The molecular formula is C22H20BrN3OS2. The molecule has 1 N–H and O–H groups in total. The average Bonchev–Trinajstić information content (AvgIpc) is 3.47. The lowest BCUT2D eigenvalue weighted by Crippen LogP contribution is -2.38. The van der Waals surface area contributed by atoms with Gasteiger partial charge in [0.25, 0.3) is 0 Å². The third-order valence-corrected chi connectivity index (χ3v) is 8.25. The number of fused-ring (bicyclic) bond motifs is 1. The molecule has 0 bridgehead atoms. The summed E-state index contributed by atoms with van der Waals surface area (Å²) in [6.45, 7) is 1.63. The van der Waals surface area contributed by atoms with Gasteiger partial charge in [0.1, 0.15) is 5.01 Å². The monoisotopic (exact) mass is 485 g/mol. The van der Waals surface area contributed by atoms with Crippen LogP contribution in [-0.2, 0) is 11.2 Å². The van der Waals surface area contributed by atoms with Gasteiger partial charge in [0.05, 0.1) is 17.0 Å². The van der Waals surface area contributed by atoms with E-state index in [9.17, 15) is 4.79 Å². The summed E-state index contributed by atoms with van der Waals surface area (Å²) in [5, 5.41) is 6.32. The summed E-state index contributed by atoms with van der Waals surface area (Å²) in [6.07, 6.45) is 2.40. The van der Waals surface area contributed by atoms with E-state index in [4.69, 9.17) is 0 Å². The van der Waals surface area contributed by atoms with E-state index in [2.05, 4.69) is 67.7 Å². The van der Waals surface area contributed by atoms with Gasteiger partial charge < -0.3 is 9.88 Å². The minimum Gasteiger partial charge on any atom is -0.358 e. The first-order valence-corrected chi connectivity index (χ1v) is 12.3. The molecule has 29 heavy (non-hydrogen) atoms. The van der Waals surface area contributed by atoms with E-state index in [1.54, 1.807) is 22.7 Å². The molecule has 0 aliphatic carbocycles. The van der Waals surface area contributed by atoms with Crippen molar-refractivity contribution < 1.29 is 4.79 Å². The molecule has 0 spiro atoms. The number of H-pyrrole nitrogens is 1. The number of thiophene rings is 1. The van der Waals surface area contributed by atoms with Crippen LogP contribution in [0, 0.1) is 0 Å². The van der Waals surface area contributed by atoms with Crippen molar-refractivity contribution in [1.82, 2.24) is 14.9 Å². The standard InChI is InChI=1S/C22H20BrN3OS2/c23-16-10-20(28-12-16)22-24-17(13-29-22)11-21(27)26-7-5-14(6-8-26)19-9-15-3-1-2-4-18(15)25-19/h1-4,9-10,12-14,25H,5-8,11H2. The number of hydrogen-bond acceptors (Lipinski definition) is 4. The number of nitrogens with zero attached hydrogens (tertiary/aromatic N) is 2. The topological polar surface area (TPSA) is 49.0 Å². The molecule has 1 fully saturated rings. The summed E-state index contributed by atoms with van der Waals surface area (Å²) in [6, 6.07) is 12.7. The summed E-state index contributed by atoms with van der Waals surface area (Å²) in [7, 11) is 0. The molecule has 1 saturated heterocycles. The first kappa shape index (κ1) is 19.0. The Morgan fingerprint density at radius 3 is 2.76 bits per heavy atom. The van der Waals surface area contributed by atoms with Crippen LogP contribution in [0.4, 0.5) is 0 Å². The van der Waals surface area contributed by atoms with Crippen LogP contribution in [0.25, 0.3) is 20.8 Å². The number of benzene rings is 1. The second kappa shape index (κ2) is 8.05. The van der Waals surface area contributed by atoms with Crippen molar-refractivity contribution >= 4 is 55.4 Å². The first-order chi connectivity index (χ1) is 14.2. The number of rotatable bonds is 4. The number of thiazole rings is 1. The van der Waals surface area contributed by atoms with Gasteiger partial charge in [0.15, 0.2) is 0 Å². The van der Waals surface area contributed by atoms with Gasteiger partial charge in [0.2, 0.25) is 5.91 Å². The minimum atomic E-state index is 0.185. The fourth-order valence-electron chi connectivity index (χ4n) is 3.95. The molecular weight excluding hydrogens is 466 g/mol.